The van der Waals surface area contributed by atoms with E-state index in [1.165, 1.54) is 98.1 Å². The zero-order chi connectivity index (χ0) is 39.7. The van der Waals surface area contributed by atoms with Crippen molar-refractivity contribution in [3.63, 3.8) is 0 Å². The lowest BCUT2D eigenvalue weighted by Gasteiger charge is -2.32. The summed E-state index contributed by atoms with van der Waals surface area (Å²) < 4.78 is 2.66. The molecule has 0 saturated carbocycles. The predicted molar refractivity (Wildman–Crippen MR) is 253 cm³/mol. The second-order valence-corrected chi connectivity index (χ2v) is 18.2. The molecule has 1 nitrogen and oxygen atoms in total. The monoisotopic (exact) mass is 781 g/mol. The fourth-order valence-corrected chi connectivity index (χ4v) is 12.5. The van der Waals surface area contributed by atoms with Crippen molar-refractivity contribution >= 4 is 48.6 Å². The first-order chi connectivity index (χ1) is 29.5. The van der Waals surface area contributed by atoms with E-state index in [0.29, 0.717) is 0 Å². The summed E-state index contributed by atoms with van der Waals surface area (Å²) in [5.41, 5.74) is 21.5. The van der Waals surface area contributed by atoms with Crippen molar-refractivity contribution in [2.24, 2.45) is 0 Å². The van der Waals surface area contributed by atoms with E-state index in [0.717, 1.165) is 17.1 Å². The number of benzene rings is 9. The number of anilines is 3. The minimum absolute atomic E-state index is 0.124. The van der Waals surface area contributed by atoms with Gasteiger partial charge in [0.15, 0.2) is 0 Å². The van der Waals surface area contributed by atoms with Gasteiger partial charge in [0.25, 0.3) is 0 Å². The van der Waals surface area contributed by atoms with Gasteiger partial charge < -0.3 is 4.90 Å². The number of fused-ring (bicyclic) bond motifs is 16. The molecule has 0 unspecified atom stereocenters. The average Bonchev–Trinajstić information content (AvgIpc) is 3.99. The molecule has 0 fully saturated rings. The Morgan fingerprint density at radius 2 is 0.800 bits per heavy atom. The molecule has 0 radical (unpaired) electrons. The van der Waals surface area contributed by atoms with Gasteiger partial charge in [-0.3, -0.25) is 0 Å². The van der Waals surface area contributed by atoms with E-state index < -0.39 is 5.41 Å². The zero-order valence-electron chi connectivity index (χ0n) is 33.4. The smallest absolute Gasteiger partial charge is 0.0726 e. The molecular formula is C58H39NS. The highest BCUT2D eigenvalue weighted by atomic mass is 32.1. The lowest BCUT2D eigenvalue weighted by molar-refractivity contribution is 0.660. The molecule has 0 bridgehead atoms. The summed E-state index contributed by atoms with van der Waals surface area (Å²) >= 11 is 1.89. The molecule has 9 aromatic carbocycles. The van der Waals surface area contributed by atoms with Crippen LogP contribution >= 0.6 is 11.3 Å². The van der Waals surface area contributed by atoms with Crippen LogP contribution in [0.3, 0.4) is 0 Å². The first-order valence-corrected chi connectivity index (χ1v) is 21.8. The van der Waals surface area contributed by atoms with E-state index in [1.54, 1.807) is 0 Å². The topological polar surface area (TPSA) is 3.24 Å². The van der Waals surface area contributed by atoms with Crippen molar-refractivity contribution < 1.29 is 0 Å². The quantitative estimate of drug-likeness (QED) is 0.172. The van der Waals surface area contributed by atoms with Crippen LogP contribution in [0.5, 0.6) is 0 Å². The minimum Gasteiger partial charge on any atom is -0.310 e. The molecule has 0 N–H and O–H groups in total. The second kappa shape index (κ2) is 12.3. The van der Waals surface area contributed by atoms with Gasteiger partial charge in [0.05, 0.1) is 5.41 Å². The Morgan fingerprint density at radius 3 is 1.43 bits per heavy atom. The summed E-state index contributed by atoms with van der Waals surface area (Å²) in [5, 5.41) is 2.65. The van der Waals surface area contributed by atoms with Crippen LogP contribution in [0.25, 0.3) is 64.7 Å². The van der Waals surface area contributed by atoms with Gasteiger partial charge in [-0.05, 0) is 120 Å². The number of hydrogen-bond donors (Lipinski definition) is 0. The predicted octanol–water partition coefficient (Wildman–Crippen LogP) is 15.8. The molecule has 13 rings (SSSR count). The van der Waals surface area contributed by atoms with Gasteiger partial charge in [-0.2, -0.15) is 0 Å². The highest BCUT2D eigenvalue weighted by molar-refractivity contribution is 7.26. The van der Waals surface area contributed by atoms with E-state index in [1.807, 2.05) is 11.3 Å². The van der Waals surface area contributed by atoms with Crippen molar-refractivity contribution in [2.75, 3.05) is 4.90 Å². The minimum atomic E-state index is -0.421. The summed E-state index contributed by atoms with van der Waals surface area (Å²) in [6.45, 7) is 4.75. The molecule has 1 spiro atoms. The van der Waals surface area contributed by atoms with Crippen molar-refractivity contribution in [2.45, 2.75) is 24.7 Å². The van der Waals surface area contributed by atoms with Gasteiger partial charge in [0.2, 0.25) is 0 Å². The van der Waals surface area contributed by atoms with Gasteiger partial charge in [-0.1, -0.05) is 172 Å². The number of nitrogens with zero attached hydrogens (tertiary/aromatic N) is 1. The van der Waals surface area contributed by atoms with E-state index in [2.05, 4.69) is 219 Å². The first kappa shape index (κ1) is 33.9. The van der Waals surface area contributed by atoms with Crippen molar-refractivity contribution in [1.82, 2.24) is 0 Å². The molecule has 10 aromatic rings. The number of thiophene rings is 1. The normalized spacial score (nSPS) is 14.4. The third-order valence-corrected chi connectivity index (χ3v) is 15.1. The second-order valence-electron chi connectivity index (χ2n) is 17.2. The maximum absolute atomic E-state index is 2.51. The Labute approximate surface area is 354 Å². The average molecular weight is 782 g/mol. The molecule has 282 valence electrons. The molecule has 3 aliphatic carbocycles. The third-order valence-electron chi connectivity index (χ3n) is 13.9. The van der Waals surface area contributed by atoms with Crippen molar-refractivity contribution in [3.8, 4) is 44.5 Å². The molecular weight excluding hydrogens is 743 g/mol. The van der Waals surface area contributed by atoms with Crippen LogP contribution < -0.4 is 4.90 Å². The SMILES string of the molecule is CC1(C)c2ccccc2-c2ccc(N(c3ccc(-c4cccc5c4sc4ccccc45)cc3)c3ccc4c(c3)C3(c5ccccc5-c5ccccc53)c3ccccc3-4)cc21. The van der Waals surface area contributed by atoms with Crippen molar-refractivity contribution in [1.29, 1.82) is 0 Å². The lowest BCUT2D eigenvalue weighted by atomic mass is 9.70. The first-order valence-electron chi connectivity index (χ1n) is 21.0. The Balaban J connectivity index is 1.03. The maximum atomic E-state index is 2.51. The highest BCUT2D eigenvalue weighted by Crippen LogP contribution is 2.63. The largest absolute Gasteiger partial charge is 0.310 e. The number of rotatable bonds is 4. The fourth-order valence-electron chi connectivity index (χ4n) is 11.3. The number of hydrogen-bond acceptors (Lipinski definition) is 2. The van der Waals surface area contributed by atoms with Crippen LogP contribution in [0.2, 0.25) is 0 Å². The van der Waals surface area contributed by atoms with Gasteiger partial charge >= 0.3 is 0 Å². The maximum Gasteiger partial charge on any atom is 0.0726 e. The van der Waals surface area contributed by atoms with Crippen LogP contribution in [0.1, 0.15) is 47.2 Å². The summed E-state index contributed by atoms with van der Waals surface area (Å²) in [5.74, 6) is 0. The van der Waals surface area contributed by atoms with Crippen LogP contribution in [-0.4, -0.2) is 0 Å². The van der Waals surface area contributed by atoms with Crippen LogP contribution in [0.4, 0.5) is 17.1 Å². The lowest BCUT2D eigenvalue weighted by Crippen LogP contribution is -2.26. The summed E-state index contributed by atoms with van der Waals surface area (Å²) in [7, 11) is 0. The molecule has 1 aromatic heterocycles. The van der Waals surface area contributed by atoms with Gasteiger partial charge in [-0.15, -0.1) is 11.3 Å². The molecule has 0 atom stereocenters. The molecule has 0 aliphatic heterocycles. The van der Waals surface area contributed by atoms with E-state index >= 15 is 0 Å². The van der Waals surface area contributed by atoms with E-state index in [4.69, 9.17) is 0 Å². The zero-order valence-corrected chi connectivity index (χ0v) is 34.2. The van der Waals surface area contributed by atoms with Gasteiger partial charge in [0, 0.05) is 42.6 Å². The van der Waals surface area contributed by atoms with Gasteiger partial charge in [0.1, 0.15) is 0 Å². The summed E-state index contributed by atoms with van der Waals surface area (Å²) in [6, 6.07) is 75.4. The Hall–Kier alpha value is -7.00. The van der Waals surface area contributed by atoms with Crippen LogP contribution in [-0.2, 0) is 10.8 Å². The Kier molecular flexibility index (Phi) is 6.94. The molecule has 3 aliphatic rings. The molecule has 1 heterocycles. The summed E-state index contributed by atoms with van der Waals surface area (Å²) in [6.07, 6.45) is 0. The molecule has 2 heteroatoms. The van der Waals surface area contributed by atoms with Gasteiger partial charge in [-0.25, -0.2) is 0 Å². The summed E-state index contributed by atoms with van der Waals surface area (Å²) in [4.78, 5) is 2.49. The highest BCUT2D eigenvalue weighted by Gasteiger charge is 2.51. The molecule has 0 saturated heterocycles. The van der Waals surface area contributed by atoms with Crippen LogP contribution in [0.15, 0.2) is 200 Å². The Morgan fingerprint density at radius 1 is 0.350 bits per heavy atom. The third kappa shape index (κ3) is 4.41. The fraction of sp³-hybridized carbons (Fsp3) is 0.0690. The standard InChI is InChI=1S/C58H39NS/c1-57(2)49-21-8-3-14-41(49)45-32-30-38(34-53(45)57)59(37-28-26-36(27-29-37)40-19-13-20-48-47-18-7-12-25-55(47)60-56(40)48)39-31-33-46-44-17-6-11-24-52(44)58(54(46)35-39)50-22-9-4-15-42(50)43-16-5-10-23-51(43)58/h3-35H,1-2H3. The Bertz CT molecular complexity index is 3360. The van der Waals surface area contributed by atoms with E-state index in [-0.39, 0.29) is 5.41 Å². The van der Waals surface area contributed by atoms with E-state index in [9.17, 15) is 0 Å². The van der Waals surface area contributed by atoms with Crippen LogP contribution in [0, 0.1) is 0 Å². The molecule has 0 amide bonds. The molecule has 60 heavy (non-hydrogen) atoms. The van der Waals surface area contributed by atoms with Crippen molar-refractivity contribution in [3.05, 3.63) is 234 Å².